The largest absolute Gasteiger partial charge is 0.296 e. The average molecular weight is 225 g/mol. The molecule has 2 rings (SSSR count). The molecule has 12 heavy (non-hydrogen) atoms. The molecule has 0 aromatic rings. The molecule has 1 nitrogen and oxygen atoms in total. The quantitative estimate of drug-likeness (QED) is 0.589. The Morgan fingerprint density at radius 3 is 2.25 bits per heavy atom. The molecule has 4 heteroatoms. The van der Waals surface area contributed by atoms with E-state index in [9.17, 15) is 4.79 Å². The smallest absolute Gasteiger partial charge is 0.181 e. The SMILES string of the molecule is O=C1CC2(CCSCC2)C1(Cl)Cl. The highest BCUT2D eigenvalue weighted by molar-refractivity contribution is 7.99. The van der Waals surface area contributed by atoms with Crippen LogP contribution in [0.15, 0.2) is 0 Å². The zero-order chi connectivity index (χ0) is 8.82. The Morgan fingerprint density at radius 1 is 1.25 bits per heavy atom. The molecular weight excluding hydrogens is 215 g/mol. The van der Waals surface area contributed by atoms with Gasteiger partial charge in [0, 0.05) is 11.8 Å². The molecule has 1 saturated carbocycles. The molecule has 2 fully saturated rings. The first-order chi connectivity index (χ1) is 5.58. The first-order valence-corrected chi connectivity index (χ1v) is 5.98. The summed E-state index contributed by atoms with van der Waals surface area (Å²) in [4.78, 5) is 11.2. The van der Waals surface area contributed by atoms with Gasteiger partial charge in [-0.15, -0.1) is 0 Å². The van der Waals surface area contributed by atoms with Crippen LogP contribution in [-0.4, -0.2) is 21.6 Å². The van der Waals surface area contributed by atoms with Crippen molar-refractivity contribution < 1.29 is 4.79 Å². The minimum atomic E-state index is -1.06. The fourth-order valence-electron chi connectivity index (χ4n) is 1.97. The van der Waals surface area contributed by atoms with Crippen LogP contribution in [-0.2, 0) is 4.79 Å². The number of Topliss-reactive ketones (excluding diaryl/α,β-unsaturated/α-hetero) is 1. The maximum atomic E-state index is 11.2. The molecule has 0 amide bonds. The van der Waals surface area contributed by atoms with Crippen LogP contribution in [0.3, 0.4) is 0 Å². The molecule has 68 valence electrons. The van der Waals surface area contributed by atoms with E-state index in [2.05, 4.69) is 0 Å². The molecule has 0 atom stereocenters. The van der Waals surface area contributed by atoms with E-state index in [0.717, 1.165) is 24.3 Å². The molecule has 0 radical (unpaired) electrons. The Labute approximate surface area is 86.2 Å². The molecule has 1 aliphatic heterocycles. The summed E-state index contributed by atoms with van der Waals surface area (Å²) in [5.74, 6) is 2.20. The van der Waals surface area contributed by atoms with E-state index in [1.54, 1.807) is 0 Å². The first-order valence-electron chi connectivity index (χ1n) is 4.07. The topological polar surface area (TPSA) is 17.1 Å². The van der Waals surface area contributed by atoms with E-state index in [0.29, 0.717) is 6.42 Å². The Kier molecular flexibility index (Phi) is 2.13. The lowest BCUT2D eigenvalue weighted by molar-refractivity contribution is -0.134. The summed E-state index contributed by atoms with van der Waals surface area (Å²) in [6.07, 6.45) is 2.59. The van der Waals surface area contributed by atoms with Gasteiger partial charge in [0.1, 0.15) is 0 Å². The Balaban J connectivity index is 2.17. The summed E-state index contributed by atoms with van der Waals surface area (Å²) in [5.41, 5.74) is -0.0710. The van der Waals surface area contributed by atoms with Crippen molar-refractivity contribution in [3.05, 3.63) is 0 Å². The fraction of sp³-hybridized carbons (Fsp3) is 0.875. The highest BCUT2D eigenvalue weighted by Crippen LogP contribution is 2.60. The van der Waals surface area contributed by atoms with Crippen molar-refractivity contribution in [3.8, 4) is 0 Å². The van der Waals surface area contributed by atoms with Gasteiger partial charge in [0.15, 0.2) is 10.1 Å². The van der Waals surface area contributed by atoms with Crippen molar-refractivity contribution in [1.82, 2.24) is 0 Å². The number of halogens is 2. The third kappa shape index (κ3) is 1.04. The molecule has 0 aromatic heterocycles. The second-order valence-corrected chi connectivity index (χ2v) is 6.12. The van der Waals surface area contributed by atoms with Gasteiger partial charge in [-0.1, -0.05) is 23.2 Å². The molecule has 1 saturated heterocycles. The van der Waals surface area contributed by atoms with E-state index >= 15 is 0 Å². The molecule has 0 aromatic carbocycles. The number of hydrogen-bond acceptors (Lipinski definition) is 2. The molecule has 0 unspecified atom stereocenters. The predicted molar refractivity (Wildman–Crippen MR) is 53.1 cm³/mol. The van der Waals surface area contributed by atoms with Gasteiger partial charge in [0.25, 0.3) is 0 Å². The number of hydrogen-bond donors (Lipinski definition) is 0. The molecule has 1 aliphatic carbocycles. The summed E-state index contributed by atoms with van der Waals surface area (Å²) in [6, 6.07) is 0. The van der Waals surface area contributed by atoms with Crippen LogP contribution in [0.1, 0.15) is 19.3 Å². The Bertz CT molecular complexity index is 221. The maximum absolute atomic E-state index is 11.2. The minimum absolute atomic E-state index is 0.0118. The van der Waals surface area contributed by atoms with Crippen LogP contribution < -0.4 is 0 Å². The van der Waals surface area contributed by atoms with E-state index in [-0.39, 0.29) is 11.2 Å². The lowest BCUT2D eigenvalue weighted by Gasteiger charge is -2.52. The lowest BCUT2D eigenvalue weighted by atomic mass is 9.63. The van der Waals surface area contributed by atoms with Crippen molar-refractivity contribution in [2.45, 2.75) is 23.6 Å². The summed E-state index contributed by atoms with van der Waals surface area (Å²) in [6.45, 7) is 0. The molecule has 1 spiro atoms. The molecule has 1 heterocycles. The van der Waals surface area contributed by atoms with E-state index in [4.69, 9.17) is 23.2 Å². The van der Waals surface area contributed by atoms with Gasteiger partial charge in [0.2, 0.25) is 0 Å². The maximum Gasteiger partial charge on any atom is 0.181 e. The summed E-state index contributed by atoms with van der Waals surface area (Å²) < 4.78 is -1.06. The molecule has 0 bridgehead atoms. The van der Waals surface area contributed by atoms with Crippen LogP contribution in [0.25, 0.3) is 0 Å². The van der Waals surface area contributed by atoms with Crippen LogP contribution >= 0.6 is 35.0 Å². The van der Waals surface area contributed by atoms with Crippen LogP contribution in [0, 0.1) is 5.41 Å². The number of rotatable bonds is 0. The lowest BCUT2D eigenvalue weighted by Crippen LogP contribution is -2.59. The van der Waals surface area contributed by atoms with E-state index in [1.165, 1.54) is 0 Å². The zero-order valence-electron chi connectivity index (χ0n) is 6.61. The molecular formula is C8H10Cl2OS. The van der Waals surface area contributed by atoms with Gasteiger partial charge in [-0.3, -0.25) is 4.79 Å². The summed E-state index contributed by atoms with van der Waals surface area (Å²) in [5, 5.41) is 0. The average Bonchev–Trinajstić information content (AvgIpc) is 2.06. The van der Waals surface area contributed by atoms with Crippen molar-refractivity contribution in [3.63, 3.8) is 0 Å². The first kappa shape index (κ1) is 9.17. The van der Waals surface area contributed by atoms with Gasteiger partial charge >= 0.3 is 0 Å². The summed E-state index contributed by atoms with van der Waals surface area (Å²) >= 11 is 13.9. The van der Waals surface area contributed by atoms with Gasteiger partial charge in [-0.05, 0) is 24.3 Å². The van der Waals surface area contributed by atoms with Gasteiger partial charge in [-0.25, -0.2) is 0 Å². The minimum Gasteiger partial charge on any atom is -0.296 e. The predicted octanol–water partition coefficient (Wildman–Crippen LogP) is 2.65. The van der Waals surface area contributed by atoms with Crippen LogP contribution in [0.4, 0.5) is 0 Å². The number of carbonyl (C=O) groups excluding carboxylic acids is 1. The number of ketones is 1. The van der Waals surface area contributed by atoms with Gasteiger partial charge in [-0.2, -0.15) is 11.8 Å². The second-order valence-electron chi connectivity index (χ2n) is 3.57. The second kappa shape index (κ2) is 2.79. The highest BCUT2D eigenvalue weighted by atomic mass is 35.5. The highest BCUT2D eigenvalue weighted by Gasteiger charge is 2.63. The Hall–Kier alpha value is 0.600. The zero-order valence-corrected chi connectivity index (χ0v) is 8.94. The van der Waals surface area contributed by atoms with Crippen molar-refractivity contribution in [1.29, 1.82) is 0 Å². The monoisotopic (exact) mass is 224 g/mol. The third-order valence-corrected chi connectivity index (χ3v) is 5.17. The normalized spacial score (nSPS) is 31.7. The van der Waals surface area contributed by atoms with Crippen molar-refractivity contribution in [2.24, 2.45) is 5.41 Å². The van der Waals surface area contributed by atoms with Crippen molar-refractivity contribution in [2.75, 3.05) is 11.5 Å². The fourth-order valence-corrected chi connectivity index (χ4v) is 3.89. The third-order valence-electron chi connectivity index (χ3n) is 2.97. The van der Waals surface area contributed by atoms with Crippen LogP contribution in [0.5, 0.6) is 0 Å². The number of carbonyl (C=O) groups is 1. The van der Waals surface area contributed by atoms with Gasteiger partial charge < -0.3 is 0 Å². The number of alkyl halides is 2. The molecule has 0 N–H and O–H groups in total. The van der Waals surface area contributed by atoms with Crippen LogP contribution in [0.2, 0.25) is 0 Å². The van der Waals surface area contributed by atoms with E-state index < -0.39 is 4.33 Å². The standard InChI is InChI=1S/C8H10Cl2OS/c9-8(10)6(11)5-7(8)1-3-12-4-2-7/h1-5H2. The van der Waals surface area contributed by atoms with E-state index in [1.807, 2.05) is 11.8 Å². The van der Waals surface area contributed by atoms with Gasteiger partial charge in [0.05, 0.1) is 0 Å². The molecule has 2 aliphatic rings. The summed E-state index contributed by atoms with van der Waals surface area (Å²) in [7, 11) is 0. The number of thioether (sulfide) groups is 1. The van der Waals surface area contributed by atoms with Crippen molar-refractivity contribution >= 4 is 40.7 Å². The Morgan fingerprint density at radius 2 is 1.83 bits per heavy atom.